The number of hydrogen-bond donors (Lipinski definition) is 2. The van der Waals surface area contributed by atoms with Crippen molar-refractivity contribution in [1.82, 2.24) is 4.98 Å². The molecule has 4 nitrogen and oxygen atoms in total. The third kappa shape index (κ3) is 1.76. The van der Waals surface area contributed by atoms with Gasteiger partial charge in [-0.1, -0.05) is 6.07 Å². The van der Waals surface area contributed by atoms with Crippen LogP contribution >= 0.6 is 11.3 Å². The number of hydrazine groups is 1. The first-order valence-corrected chi connectivity index (χ1v) is 5.56. The number of rotatable bonds is 2. The standard InChI is InChI=1S/C11H10N4S/c1-7-5-8(6-12)11(15-13)14-10(7)9-3-2-4-16-9/h2-5H,13H2,1H3,(H,14,15). The van der Waals surface area contributed by atoms with Crippen molar-refractivity contribution in [2.24, 2.45) is 5.84 Å². The fourth-order valence-electron chi connectivity index (χ4n) is 1.47. The number of hydrogen-bond acceptors (Lipinski definition) is 5. The van der Waals surface area contributed by atoms with Crippen LogP contribution in [0.1, 0.15) is 11.1 Å². The van der Waals surface area contributed by atoms with Gasteiger partial charge in [0.25, 0.3) is 0 Å². The summed E-state index contributed by atoms with van der Waals surface area (Å²) in [4.78, 5) is 5.42. The van der Waals surface area contributed by atoms with Crippen molar-refractivity contribution < 1.29 is 0 Å². The highest BCUT2D eigenvalue weighted by atomic mass is 32.1. The lowest BCUT2D eigenvalue weighted by Crippen LogP contribution is -2.11. The Kier molecular flexibility index (Phi) is 2.86. The molecular weight excluding hydrogens is 220 g/mol. The molecule has 2 heterocycles. The van der Waals surface area contributed by atoms with Gasteiger partial charge in [-0.05, 0) is 30.0 Å². The molecule has 0 aliphatic carbocycles. The predicted molar refractivity (Wildman–Crippen MR) is 64.8 cm³/mol. The summed E-state index contributed by atoms with van der Waals surface area (Å²) in [5.74, 6) is 5.75. The molecule has 2 rings (SSSR count). The summed E-state index contributed by atoms with van der Waals surface area (Å²) >= 11 is 1.61. The molecule has 5 heteroatoms. The van der Waals surface area contributed by atoms with Crippen LogP contribution in [0.15, 0.2) is 23.6 Å². The van der Waals surface area contributed by atoms with Crippen molar-refractivity contribution in [2.45, 2.75) is 6.92 Å². The lowest BCUT2D eigenvalue weighted by Gasteiger charge is -2.07. The number of anilines is 1. The van der Waals surface area contributed by atoms with E-state index in [1.807, 2.05) is 24.4 Å². The number of pyridine rings is 1. The maximum atomic E-state index is 8.91. The second kappa shape index (κ2) is 4.31. The van der Waals surface area contributed by atoms with Gasteiger partial charge in [0.05, 0.1) is 16.1 Å². The molecule has 2 aromatic heterocycles. The van der Waals surface area contributed by atoms with Gasteiger partial charge < -0.3 is 5.43 Å². The Hall–Kier alpha value is -1.90. The lowest BCUT2D eigenvalue weighted by molar-refractivity contribution is 1.20. The Bertz CT molecular complexity index is 540. The van der Waals surface area contributed by atoms with E-state index < -0.39 is 0 Å². The van der Waals surface area contributed by atoms with Gasteiger partial charge in [-0.3, -0.25) is 0 Å². The van der Waals surface area contributed by atoms with Crippen molar-refractivity contribution in [3.63, 3.8) is 0 Å². The lowest BCUT2D eigenvalue weighted by atomic mass is 10.1. The molecule has 0 radical (unpaired) electrons. The van der Waals surface area contributed by atoms with Crippen molar-refractivity contribution >= 4 is 17.2 Å². The summed E-state index contributed by atoms with van der Waals surface area (Å²) in [6.45, 7) is 1.93. The SMILES string of the molecule is Cc1cc(C#N)c(NN)nc1-c1cccs1. The van der Waals surface area contributed by atoms with E-state index in [9.17, 15) is 0 Å². The molecule has 16 heavy (non-hydrogen) atoms. The van der Waals surface area contributed by atoms with E-state index in [1.165, 1.54) is 0 Å². The predicted octanol–water partition coefficient (Wildman–Crippen LogP) is 2.28. The van der Waals surface area contributed by atoms with E-state index in [4.69, 9.17) is 11.1 Å². The van der Waals surface area contributed by atoms with Crippen LogP contribution in [-0.4, -0.2) is 4.98 Å². The quantitative estimate of drug-likeness (QED) is 0.613. The molecule has 0 fully saturated rings. The first-order valence-electron chi connectivity index (χ1n) is 4.68. The minimum Gasteiger partial charge on any atom is -0.307 e. The van der Waals surface area contributed by atoms with Gasteiger partial charge in [0.1, 0.15) is 6.07 Å². The van der Waals surface area contributed by atoms with Crippen LogP contribution in [0.3, 0.4) is 0 Å². The van der Waals surface area contributed by atoms with Crippen LogP contribution < -0.4 is 11.3 Å². The third-order valence-corrected chi connectivity index (χ3v) is 3.10. The fourth-order valence-corrected chi connectivity index (χ4v) is 2.25. The number of aryl methyl sites for hydroxylation is 1. The molecule has 0 atom stereocenters. The zero-order chi connectivity index (χ0) is 11.5. The van der Waals surface area contributed by atoms with Gasteiger partial charge in [-0.2, -0.15) is 5.26 Å². The third-order valence-electron chi connectivity index (χ3n) is 2.22. The van der Waals surface area contributed by atoms with E-state index in [2.05, 4.69) is 16.5 Å². The van der Waals surface area contributed by atoms with Gasteiger partial charge in [-0.25, -0.2) is 10.8 Å². The first kappa shape index (κ1) is 10.6. The van der Waals surface area contributed by atoms with Crippen LogP contribution in [-0.2, 0) is 0 Å². The summed E-state index contributed by atoms with van der Waals surface area (Å²) in [5.41, 5.74) is 4.74. The molecule has 0 saturated carbocycles. The minimum atomic E-state index is 0.413. The normalized spacial score (nSPS) is 9.81. The second-order valence-electron chi connectivity index (χ2n) is 3.28. The average Bonchev–Trinajstić information content (AvgIpc) is 2.82. The Labute approximate surface area is 97.3 Å². The van der Waals surface area contributed by atoms with Crippen molar-refractivity contribution in [3.8, 4) is 16.6 Å². The molecule has 0 bridgehead atoms. The first-order chi connectivity index (χ1) is 7.76. The highest BCUT2D eigenvalue weighted by molar-refractivity contribution is 7.13. The Morgan fingerprint density at radius 3 is 2.94 bits per heavy atom. The molecule has 3 N–H and O–H groups in total. The van der Waals surface area contributed by atoms with E-state index in [-0.39, 0.29) is 0 Å². The van der Waals surface area contributed by atoms with Crippen LogP contribution in [0.25, 0.3) is 10.6 Å². The molecule has 0 amide bonds. The van der Waals surface area contributed by atoms with Gasteiger partial charge >= 0.3 is 0 Å². The van der Waals surface area contributed by atoms with Crippen molar-refractivity contribution in [2.75, 3.05) is 5.43 Å². The summed E-state index contributed by atoms with van der Waals surface area (Å²) in [5, 5.41) is 10.9. The molecule has 0 saturated heterocycles. The van der Waals surface area contributed by atoms with E-state index in [0.29, 0.717) is 11.4 Å². The Morgan fingerprint density at radius 1 is 1.56 bits per heavy atom. The van der Waals surface area contributed by atoms with Gasteiger partial charge in [0, 0.05) is 0 Å². The van der Waals surface area contributed by atoms with Crippen LogP contribution in [0.4, 0.5) is 5.82 Å². The Balaban J connectivity index is 2.61. The van der Waals surface area contributed by atoms with Crippen LogP contribution in [0.2, 0.25) is 0 Å². The Morgan fingerprint density at radius 2 is 2.38 bits per heavy atom. The molecule has 2 aromatic rings. The summed E-state index contributed by atoms with van der Waals surface area (Å²) in [6, 6.07) is 7.81. The topological polar surface area (TPSA) is 74.7 Å². The van der Waals surface area contributed by atoms with Gasteiger partial charge in [0.15, 0.2) is 5.82 Å². The largest absolute Gasteiger partial charge is 0.307 e. The average molecular weight is 230 g/mol. The minimum absolute atomic E-state index is 0.413. The molecule has 80 valence electrons. The molecule has 0 aliphatic rings. The smallest absolute Gasteiger partial charge is 0.158 e. The fraction of sp³-hybridized carbons (Fsp3) is 0.0909. The number of thiophene rings is 1. The monoisotopic (exact) mass is 230 g/mol. The van der Waals surface area contributed by atoms with Crippen LogP contribution in [0, 0.1) is 18.3 Å². The number of aromatic nitrogens is 1. The summed E-state index contributed by atoms with van der Waals surface area (Å²) in [7, 11) is 0. The summed E-state index contributed by atoms with van der Waals surface area (Å²) in [6.07, 6.45) is 0. The number of nitrogens with two attached hydrogens (primary N) is 1. The molecule has 0 aromatic carbocycles. The van der Waals surface area contributed by atoms with Crippen LogP contribution in [0.5, 0.6) is 0 Å². The number of nitrogen functional groups attached to an aromatic ring is 1. The maximum absolute atomic E-state index is 8.91. The van der Waals surface area contributed by atoms with Gasteiger partial charge in [-0.15, -0.1) is 11.3 Å². The zero-order valence-electron chi connectivity index (χ0n) is 8.69. The molecule has 0 spiro atoms. The van der Waals surface area contributed by atoms with Crippen molar-refractivity contribution in [1.29, 1.82) is 5.26 Å². The summed E-state index contributed by atoms with van der Waals surface area (Å²) < 4.78 is 0. The van der Waals surface area contributed by atoms with E-state index in [1.54, 1.807) is 17.4 Å². The zero-order valence-corrected chi connectivity index (χ0v) is 9.51. The molecular formula is C11H10N4S. The number of nitrogens with zero attached hydrogens (tertiary/aromatic N) is 2. The highest BCUT2D eigenvalue weighted by Gasteiger charge is 2.10. The maximum Gasteiger partial charge on any atom is 0.158 e. The van der Waals surface area contributed by atoms with E-state index >= 15 is 0 Å². The second-order valence-corrected chi connectivity index (χ2v) is 4.23. The number of nitrogens with one attached hydrogen (secondary N) is 1. The molecule has 0 unspecified atom stereocenters. The van der Waals surface area contributed by atoms with Gasteiger partial charge in [0.2, 0.25) is 0 Å². The molecule has 0 aliphatic heterocycles. The number of nitriles is 1. The highest BCUT2D eigenvalue weighted by Crippen LogP contribution is 2.28. The van der Waals surface area contributed by atoms with Crippen molar-refractivity contribution in [3.05, 3.63) is 34.7 Å². The van der Waals surface area contributed by atoms with E-state index in [0.717, 1.165) is 16.1 Å².